The van der Waals surface area contributed by atoms with E-state index in [1.54, 1.807) is 18.0 Å². The number of benzene rings is 2. The molecule has 5 heteroatoms. The van der Waals surface area contributed by atoms with Crippen LogP contribution in [0.3, 0.4) is 0 Å². The van der Waals surface area contributed by atoms with Crippen LogP contribution < -0.4 is 5.32 Å². The van der Waals surface area contributed by atoms with Crippen LogP contribution in [0.4, 0.5) is 4.39 Å². The number of halogens is 1. The number of carbonyl (C=O) groups excluding carboxylic acids is 1. The number of nitrogens with one attached hydrogen (secondary N) is 1. The van der Waals surface area contributed by atoms with Gasteiger partial charge in [0, 0.05) is 12.7 Å². The van der Waals surface area contributed by atoms with Crippen molar-refractivity contribution in [2.45, 2.75) is 37.1 Å². The summed E-state index contributed by atoms with van der Waals surface area (Å²) in [7, 11) is 0. The van der Waals surface area contributed by atoms with E-state index in [4.69, 9.17) is 0 Å². The molecule has 0 spiro atoms. The number of nitrogens with zero attached hydrogens (tertiary/aromatic N) is 1. The lowest BCUT2D eigenvalue weighted by Gasteiger charge is -2.24. The zero-order valence-corrected chi connectivity index (χ0v) is 18.3. The average molecular weight is 435 g/mol. The molecule has 0 saturated carbocycles. The maximum absolute atomic E-state index is 13.0. The van der Waals surface area contributed by atoms with Crippen LogP contribution >= 0.6 is 11.8 Å². The quantitative estimate of drug-likeness (QED) is 0.377. The second-order valence-corrected chi connectivity index (χ2v) is 9.11. The third-order valence-corrected chi connectivity index (χ3v) is 6.87. The molecule has 1 amide bonds. The molecule has 0 aliphatic heterocycles. The van der Waals surface area contributed by atoms with Crippen molar-refractivity contribution in [1.82, 2.24) is 10.3 Å². The monoisotopic (exact) mass is 434 g/mol. The van der Waals surface area contributed by atoms with Gasteiger partial charge in [-0.2, -0.15) is 0 Å². The molecule has 0 radical (unpaired) electrons. The zero-order valence-electron chi connectivity index (χ0n) is 17.5. The third kappa shape index (κ3) is 5.95. The van der Waals surface area contributed by atoms with Gasteiger partial charge in [0.15, 0.2) is 0 Å². The smallest absolute Gasteiger partial charge is 0.254 e. The molecule has 3 aromatic rings. The summed E-state index contributed by atoms with van der Waals surface area (Å²) < 4.78 is 13.0. The van der Waals surface area contributed by atoms with E-state index in [2.05, 4.69) is 34.6 Å². The van der Waals surface area contributed by atoms with Crippen LogP contribution in [0.25, 0.3) is 0 Å². The van der Waals surface area contributed by atoms with Gasteiger partial charge in [-0.15, -0.1) is 11.8 Å². The Morgan fingerprint density at radius 3 is 2.71 bits per heavy atom. The number of fused-ring (bicyclic) bond motifs is 1. The summed E-state index contributed by atoms with van der Waals surface area (Å²) >= 11 is 1.60. The van der Waals surface area contributed by atoms with E-state index in [0.29, 0.717) is 18.0 Å². The Balaban J connectivity index is 1.27. The Bertz CT molecular complexity index is 1020. The lowest BCUT2D eigenvalue weighted by atomic mass is 9.84. The predicted octanol–water partition coefficient (Wildman–Crippen LogP) is 5.48. The minimum Gasteiger partial charge on any atom is -0.352 e. The third-order valence-electron chi connectivity index (χ3n) is 5.78. The molecule has 1 aliphatic carbocycles. The SMILES string of the molecule is O=C(NCC1CCc2ccccc2C1)c1cccnc1SCCCc1ccc(F)cc1. The van der Waals surface area contributed by atoms with Crippen LogP contribution in [-0.2, 0) is 19.3 Å². The highest BCUT2D eigenvalue weighted by Gasteiger charge is 2.20. The van der Waals surface area contributed by atoms with E-state index in [9.17, 15) is 9.18 Å². The minimum atomic E-state index is -0.209. The highest BCUT2D eigenvalue weighted by atomic mass is 32.2. The van der Waals surface area contributed by atoms with Crippen molar-refractivity contribution >= 4 is 17.7 Å². The first kappa shape index (κ1) is 21.6. The maximum Gasteiger partial charge on any atom is 0.254 e. The van der Waals surface area contributed by atoms with Gasteiger partial charge in [0.05, 0.1) is 5.56 Å². The molecular weight excluding hydrogens is 407 g/mol. The number of thioether (sulfide) groups is 1. The number of aryl methyl sites for hydroxylation is 2. The molecule has 1 aliphatic rings. The fraction of sp³-hybridized carbons (Fsp3) is 0.308. The molecule has 1 unspecified atom stereocenters. The number of hydrogen-bond acceptors (Lipinski definition) is 3. The number of aromatic nitrogens is 1. The molecule has 0 bridgehead atoms. The van der Waals surface area contributed by atoms with Gasteiger partial charge in [0.1, 0.15) is 10.8 Å². The fourth-order valence-corrected chi connectivity index (χ4v) is 4.99. The number of rotatable bonds is 8. The zero-order chi connectivity index (χ0) is 21.5. The highest BCUT2D eigenvalue weighted by Crippen LogP contribution is 2.25. The maximum atomic E-state index is 13.0. The lowest BCUT2D eigenvalue weighted by Crippen LogP contribution is -2.32. The Morgan fingerprint density at radius 2 is 1.87 bits per heavy atom. The summed E-state index contributed by atoms with van der Waals surface area (Å²) in [5.74, 6) is 1.07. The molecule has 4 rings (SSSR count). The number of hydrogen-bond donors (Lipinski definition) is 1. The normalized spacial score (nSPS) is 15.3. The Labute approximate surface area is 187 Å². The van der Waals surface area contributed by atoms with Crippen molar-refractivity contribution in [3.05, 3.63) is 94.9 Å². The summed E-state index contributed by atoms with van der Waals surface area (Å²) in [6.45, 7) is 0.691. The van der Waals surface area contributed by atoms with Crippen LogP contribution in [0.2, 0.25) is 0 Å². The van der Waals surface area contributed by atoms with E-state index in [1.807, 2.05) is 24.3 Å². The molecule has 160 valence electrons. The average Bonchev–Trinajstić information content (AvgIpc) is 2.81. The van der Waals surface area contributed by atoms with Crippen LogP contribution in [0.15, 0.2) is 71.9 Å². The second kappa shape index (κ2) is 10.6. The molecule has 31 heavy (non-hydrogen) atoms. The summed E-state index contributed by atoms with van der Waals surface area (Å²) in [6, 6.07) is 18.9. The van der Waals surface area contributed by atoms with Gasteiger partial charge in [0.25, 0.3) is 5.91 Å². The Hall–Kier alpha value is -2.66. The molecule has 2 aromatic carbocycles. The summed E-state index contributed by atoms with van der Waals surface area (Å²) in [5.41, 5.74) is 4.61. The highest BCUT2D eigenvalue weighted by molar-refractivity contribution is 7.99. The number of amides is 1. The first-order valence-corrected chi connectivity index (χ1v) is 11.8. The molecule has 3 nitrogen and oxygen atoms in total. The first-order valence-electron chi connectivity index (χ1n) is 10.9. The van der Waals surface area contributed by atoms with E-state index >= 15 is 0 Å². The Morgan fingerprint density at radius 1 is 1.06 bits per heavy atom. The number of carbonyl (C=O) groups is 1. The van der Waals surface area contributed by atoms with Crippen molar-refractivity contribution in [1.29, 1.82) is 0 Å². The summed E-state index contributed by atoms with van der Waals surface area (Å²) in [5, 5.41) is 3.91. The van der Waals surface area contributed by atoms with Crippen LogP contribution in [0, 0.1) is 11.7 Å². The largest absolute Gasteiger partial charge is 0.352 e. The van der Waals surface area contributed by atoms with Gasteiger partial charge in [-0.25, -0.2) is 9.37 Å². The van der Waals surface area contributed by atoms with Crippen molar-refractivity contribution in [3.8, 4) is 0 Å². The van der Waals surface area contributed by atoms with Crippen molar-refractivity contribution in [3.63, 3.8) is 0 Å². The molecule has 1 aromatic heterocycles. The molecule has 0 fully saturated rings. The van der Waals surface area contributed by atoms with Gasteiger partial charge in [0.2, 0.25) is 0 Å². The fourth-order valence-electron chi connectivity index (χ4n) is 4.05. The lowest BCUT2D eigenvalue weighted by molar-refractivity contribution is 0.0942. The van der Waals surface area contributed by atoms with Crippen LogP contribution in [-0.4, -0.2) is 23.2 Å². The van der Waals surface area contributed by atoms with Gasteiger partial charge >= 0.3 is 0 Å². The molecule has 1 atom stereocenters. The van der Waals surface area contributed by atoms with E-state index < -0.39 is 0 Å². The molecular formula is C26H27FN2OS. The molecule has 1 heterocycles. The summed E-state index contributed by atoms with van der Waals surface area (Å²) in [4.78, 5) is 17.3. The molecule has 1 N–H and O–H groups in total. The van der Waals surface area contributed by atoms with Gasteiger partial charge < -0.3 is 5.32 Å². The van der Waals surface area contributed by atoms with Crippen molar-refractivity contribution < 1.29 is 9.18 Å². The predicted molar refractivity (Wildman–Crippen MR) is 124 cm³/mol. The Kier molecular flexibility index (Phi) is 7.36. The topological polar surface area (TPSA) is 42.0 Å². The second-order valence-electron chi connectivity index (χ2n) is 8.02. The van der Waals surface area contributed by atoms with Crippen LogP contribution in [0.5, 0.6) is 0 Å². The van der Waals surface area contributed by atoms with E-state index in [0.717, 1.165) is 48.4 Å². The van der Waals surface area contributed by atoms with Gasteiger partial charge in [-0.1, -0.05) is 36.4 Å². The number of pyridine rings is 1. The van der Waals surface area contributed by atoms with E-state index in [-0.39, 0.29) is 11.7 Å². The first-order chi connectivity index (χ1) is 15.2. The summed E-state index contributed by atoms with van der Waals surface area (Å²) in [6.07, 6.45) is 6.76. The van der Waals surface area contributed by atoms with Crippen LogP contribution in [0.1, 0.15) is 39.9 Å². The van der Waals surface area contributed by atoms with Crippen molar-refractivity contribution in [2.75, 3.05) is 12.3 Å². The molecule has 0 saturated heterocycles. The minimum absolute atomic E-state index is 0.0482. The van der Waals surface area contributed by atoms with E-state index in [1.165, 1.54) is 23.3 Å². The van der Waals surface area contributed by atoms with Gasteiger partial charge in [-0.3, -0.25) is 4.79 Å². The standard InChI is InChI=1S/C26H27FN2OS/c27-23-13-10-19(11-14-23)5-4-16-31-26-24(8-3-15-28-26)25(30)29-18-20-9-12-21-6-1-2-7-22(21)17-20/h1-3,6-8,10-11,13-15,20H,4-5,9,12,16-18H2,(H,29,30). The van der Waals surface area contributed by atoms with Crippen molar-refractivity contribution in [2.24, 2.45) is 5.92 Å². The van der Waals surface area contributed by atoms with Gasteiger partial charge in [-0.05, 0) is 84.7 Å².